The van der Waals surface area contributed by atoms with E-state index < -0.39 is 0 Å². The lowest BCUT2D eigenvalue weighted by Crippen LogP contribution is -2.04. The highest BCUT2D eigenvalue weighted by molar-refractivity contribution is 5.80. The Morgan fingerprint density at radius 3 is 2.52 bits per heavy atom. The first-order valence-electron chi connectivity index (χ1n) is 8.18. The van der Waals surface area contributed by atoms with E-state index in [0.29, 0.717) is 5.92 Å². The second kappa shape index (κ2) is 8.67. The highest BCUT2D eigenvalue weighted by atomic mass is 14.2. The second-order valence-electron chi connectivity index (χ2n) is 5.74. The fourth-order valence-corrected chi connectivity index (χ4v) is 2.83. The molecule has 0 saturated heterocycles. The normalized spacial score (nSPS) is 14.1. The minimum absolute atomic E-state index is 0.584. The van der Waals surface area contributed by atoms with Crippen molar-refractivity contribution in [3.8, 4) is 0 Å². The molecule has 21 heavy (non-hydrogen) atoms. The zero-order chi connectivity index (χ0) is 15.8. The molecule has 1 rings (SSSR count). The van der Waals surface area contributed by atoms with E-state index in [9.17, 15) is 0 Å². The van der Waals surface area contributed by atoms with Gasteiger partial charge in [-0.3, -0.25) is 0 Å². The lowest BCUT2D eigenvalue weighted by molar-refractivity contribution is 0.716. The van der Waals surface area contributed by atoms with Crippen LogP contribution >= 0.6 is 0 Å². The van der Waals surface area contributed by atoms with Gasteiger partial charge < -0.3 is 0 Å². The lowest BCUT2D eigenvalue weighted by atomic mass is 9.83. The lowest BCUT2D eigenvalue weighted by Gasteiger charge is -2.21. The first-order valence-corrected chi connectivity index (χ1v) is 8.18. The molecule has 0 N–H and O–H groups in total. The summed E-state index contributed by atoms with van der Waals surface area (Å²) in [5.74, 6) is 0.584. The summed E-state index contributed by atoms with van der Waals surface area (Å²) in [6.45, 7) is 15.0. The molecule has 0 nitrogen and oxygen atoms in total. The number of allylic oxidation sites excluding steroid dienone is 5. The summed E-state index contributed by atoms with van der Waals surface area (Å²) >= 11 is 0. The van der Waals surface area contributed by atoms with Crippen LogP contribution in [0.5, 0.6) is 0 Å². The van der Waals surface area contributed by atoms with E-state index in [1.807, 2.05) is 6.08 Å². The van der Waals surface area contributed by atoms with Crippen LogP contribution in [0.15, 0.2) is 48.6 Å². The largest absolute Gasteiger partial charge is 0.0988 e. The Balaban J connectivity index is 3.60. The van der Waals surface area contributed by atoms with Crippen LogP contribution in [-0.2, 0) is 6.42 Å². The van der Waals surface area contributed by atoms with Crippen molar-refractivity contribution in [3.05, 3.63) is 65.3 Å². The van der Waals surface area contributed by atoms with Crippen molar-refractivity contribution >= 4 is 5.57 Å². The predicted molar refractivity (Wildman–Crippen MR) is 96.7 cm³/mol. The van der Waals surface area contributed by atoms with Crippen molar-refractivity contribution in [2.45, 2.75) is 59.8 Å². The molecule has 0 radical (unpaired) electrons. The number of rotatable bonds is 7. The van der Waals surface area contributed by atoms with Crippen LogP contribution in [0.25, 0.3) is 5.57 Å². The molecule has 1 atom stereocenters. The monoisotopic (exact) mass is 282 g/mol. The van der Waals surface area contributed by atoms with Crippen molar-refractivity contribution in [2.24, 2.45) is 0 Å². The summed E-state index contributed by atoms with van der Waals surface area (Å²) in [4.78, 5) is 0. The molecule has 0 fully saturated rings. The van der Waals surface area contributed by atoms with Crippen LogP contribution in [0.2, 0.25) is 0 Å². The third-order valence-corrected chi connectivity index (χ3v) is 4.18. The summed E-state index contributed by atoms with van der Waals surface area (Å²) in [6, 6.07) is 6.76. The minimum atomic E-state index is 0.584. The van der Waals surface area contributed by atoms with Gasteiger partial charge in [0.1, 0.15) is 0 Å². The van der Waals surface area contributed by atoms with Gasteiger partial charge in [0.05, 0.1) is 0 Å². The molecule has 0 spiro atoms. The summed E-state index contributed by atoms with van der Waals surface area (Å²) in [5, 5.41) is 0. The maximum atomic E-state index is 3.95. The predicted octanol–water partition coefficient (Wildman–Crippen LogP) is 6.69. The average Bonchev–Trinajstić information content (AvgIpc) is 2.51. The SMILES string of the molecule is C=C/C(C)=C(\C=C/C)c1cccc(CCC)c1C(C)CC. The first kappa shape index (κ1) is 17.5. The zero-order valence-corrected chi connectivity index (χ0v) is 14.4. The summed E-state index contributed by atoms with van der Waals surface area (Å²) in [6.07, 6.45) is 9.81. The van der Waals surface area contributed by atoms with Gasteiger partial charge in [-0.1, -0.05) is 70.2 Å². The minimum Gasteiger partial charge on any atom is -0.0988 e. The molecular formula is C21H30. The molecule has 0 bridgehead atoms. The first-order chi connectivity index (χ1) is 10.1. The standard InChI is InChI=1S/C21H30/c1-7-12-18-14-11-15-20(21(18)17(6)10-4)19(13-8-2)16(5)9-3/h8-9,11,13-15,17H,3,7,10,12H2,1-2,4-6H3/b13-8-,19-16+. The van der Waals surface area contributed by atoms with E-state index in [-0.39, 0.29) is 0 Å². The van der Waals surface area contributed by atoms with Gasteiger partial charge in [-0.15, -0.1) is 0 Å². The van der Waals surface area contributed by atoms with E-state index in [0.717, 1.165) is 6.42 Å². The third kappa shape index (κ3) is 4.20. The molecule has 0 aromatic heterocycles. The van der Waals surface area contributed by atoms with Crippen LogP contribution in [0, 0.1) is 0 Å². The quantitative estimate of drug-likeness (QED) is 0.489. The molecular weight excluding hydrogens is 252 g/mol. The van der Waals surface area contributed by atoms with Crippen LogP contribution in [0.4, 0.5) is 0 Å². The summed E-state index contributed by atoms with van der Waals surface area (Å²) in [7, 11) is 0. The smallest absolute Gasteiger partial charge is 0.0144 e. The van der Waals surface area contributed by atoms with Crippen LogP contribution in [0.1, 0.15) is 70.1 Å². The Bertz CT molecular complexity index is 529. The van der Waals surface area contributed by atoms with Gasteiger partial charge in [0.15, 0.2) is 0 Å². The Morgan fingerprint density at radius 2 is 2.00 bits per heavy atom. The number of hydrogen-bond donors (Lipinski definition) is 0. The van der Waals surface area contributed by atoms with Crippen molar-refractivity contribution in [1.82, 2.24) is 0 Å². The van der Waals surface area contributed by atoms with Gasteiger partial charge in [-0.25, -0.2) is 0 Å². The highest BCUT2D eigenvalue weighted by Gasteiger charge is 2.16. The van der Waals surface area contributed by atoms with Crippen LogP contribution in [-0.4, -0.2) is 0 Å². The topological polar surface area (TPSA) is 0 Å². The van der Waals surface area contributed by atoms with Crippen molar-refractivity contribution in [3.63, 3.8) is 0 Å². The zero-order valence-electron chi connectivity index (χ0n) is 14.4. The molecule has 0 amide bonds. The molecule has 0 saturated carbocycles. The molecule has 114 valence electrons. The fraction of sp³-hybridized carbons (Fsp3) is 0.429. The van der Waals surface area contributed by atoms with Crippen molar-refractivity contribution in [1.29, 1.82) is 0 Å². The molecule has 1 aromatic carbocycles. The Morgan fingerprint density at radius 1 is 1.29 bits per heavy atom. The molecule has 0 aliphatic rings. The Kier molecular flexibility index (Phi) is 7.22. The van der Waals surface area contributed by atoms with E-state index in [1.165, 1.54) is 40.7 Å². The second-order valence-corrected chi connectivity index (χ2v) is 5.74. The number of aryl methyl sites for hydroxylation is 1. The van der Waals surface area contributed by atoms with Gasteiger partial charge in [-0.2, -0.15) is 0 Å². The highest BCUT2D eigenvalue weighted by Crippen LogP contribution is 2.34. The molecule has 0 aliphatic heterocycles. The van der Waals surface area contributed by atoms with E-state index in [1.54, 1.807) is 0 Å². The third-order valence-electron chi connectivity index (χ3n) is 4.18. The Hall–Kier alpha value is -1.56. The number of benzene rings is 1. The van der Waals surface area contributed by atoms with Gasteiger partial charge in [0.25, 0.3) is 0 Å². The molecule has 1 unspecified atom stereocenters. The molecule has 0 heterocycles. The van der Waals surface area contributed by atoms with E-state index in [4.69, 9.17) is 0 Å². The van der Waals surface area contributed by atoms with Crippen LogP contribution < -0.4 is 0 Å². The Labute approximate surface area is 131 Å². The summed E-state index contributed by atoms with van der Waals surface area (Å²) < 4.78 is 0. The fourth-order valence-electron chi connectivity index (χ4n) is 2.83. The maximum absolute atomic E-state index is 3.95. The molecule has 1 aromatic rings. The molecule has 0 heteroatoms. The van der Waals surface area contributed by atoms with E-state index >= 15 is 0 Å². The molecule has 0 aliphatic carbocycles. The van der Waals surface area contributed by atoms with E-state index in [2.05, 4.69) is 71.5 Å². The van der Waals surface area contributed by atoms with Gasteiger partial charge in [0.2, 0.25) is 0 Å². The summed E-state index contributed by atoms with van der Waals surface area (Å²) in [5.41, 5.74) is 6.96. The van der Waals surface area contributed by atoms with Crippen LogP contribution in [0.3, 0.4) is 0 Å². The van der Waals surface area contributed by atoms with Crippen molar-refractivity contribution < 1.29 is 0 Å². The van der Waals surface area contributed by atoms with Crippen molar-refractivity contribution in [2.75, 3.05) is 0 Å². The number of hydrogen-bond acceptors (Lipinski definition) is 0. The average molecular weight is 282 g/mol. The van der Waals surface area contributed by atoms with Gasteiger partial charge in [0, 0.05) is 0 Å². The van der Waals surface area contributed by atoms with Gasteiger partial charge >= 0.3 is 0 Å². The van der Waals surface area contributed by atoms with Gasteiger partial charge in [-0.05, 0) is 60.4 Å². The maximum Gasteiger partial charge on any atom is -0.0144 e.